The van der Waals surface area contributed by atoms with Crippen molar-refractivity contribution in [2.75, 3.05) is 13.2 Å². The number of hydrogen-bond acceptors (Lipinski definition) is 4. The molecule has 1 heterocycles. The lowest BCUT2D eigenvalue weighted by Gasteiger charge is -2.13. The quantitative estimate of drug-likeness (QED) is 0.634. The van der Waals surface area contributed by atoms with E-state index in [0.717, 1.165) is 43.6 Å². The van der Waals surface area contributed by atoms with E-state index in [0.29, 0.717) is 19.8 Å². The molecule has 2 rings (SSSR count). The van der Waals surface area contributed by atoms with Gasteiger partial charge in [-0.05, 0) is 49.8 Å². The second-order valence-electron chi connectivity index (χ2n) is 6.32. The summed E-state index contributed by atoms with van der Waals surface area (Å²) in [4.78, 5) is 4.00. The van der Waals surface area contributed by atoms with Crippen LogP contribution in [0.5, 0.6) is 11.5 Å². The van der Waals surface area contributed by atoms with Crippen molar-refractivity contribution >= 4 is 0 Å². The number of hydrogen-bond donors (Lipinski definition) is 1. The second-order valence-corrected chi connectivity index (χ2v) is 6.32. The van der Waals surface area contributed by atoms with Gasteiger partial charge in [-0.2, -0.15) is 0 Å². The first-order valence-electron chi connectivity index (χ1n) is 9.24. The molecule has 5 heteroatoms. The molecular weight excluding hydrogens is 316 g/mol. The maximum Gasteiger partial charge on any atom is 0.123 e. The molecule has 25 heavy (non-hydrogen) atoms. The molecule has 0 aliphatic carbocycles. The first kappa shape index (κ1) is 19.3. The lowest BCUT2D eigenvalue weighted by Crippen LogP contribution is -2.15. The summed E-state index contributed by atoms with van der Waals surface area (Å²) in [5.41, 5.74) is 1.19. The van der Waals surface area contributed by atoms with Crippen LogP contribution in [0.4, 0.5) is 0 Å². The highest BCUT2D eigenvalue weighted by Crippen LogP contribution is 2.25. The van der Waals surface area contributed by atoms with Crippen molar-refractivity contribution in [1.82, 2.24) is 9.55 Å². The minimum Gasteiger partial charge on any atom is -0.493 e. The van der Waals surface area contributed by atoms with Crippen molar-refractivity contribution in [2.45, 2.75) is 58.6 Å². The van der Waals surface area contributed by atoms with Gasteiger partial charge in [0.05, 0.1) is 25.6 Å². The molecule has 138 valence electrons. The number of ether oxygens (including phenoxy) is 2. The number of aromatic nitrogens is 2. The van der Waals surface area contributed by atoms with Gasteiger partial charge in [0.1, 0.15) is 11.5 Å². The highest BCUT2D eigenvalue weighted by molar-refractivity contribution is 5.38. The molecule has 2 aromatic rings. The molecular formula is C20H30N2O3. The van der Waals surface area contributed by atoms with E-state index < -0.39 is 0 Å². The van der Waals surface area contributed by atoms with Crippen molar-refractivity contribution in [3.05, 3.63) is 42.5 Å². The van der Waals surface area contributed by atoms with Crippen LogP contribution in [0.25, 0.3) is 0 Å². The van der Waals surface area contributed by atoms with E-state index in [1.54, 1.807) is 12.5 Å². The van der Waals surface area contributed by atoms with Crippen LogP contribution in [0.15, 0.2) is 36.9 Å². The van der Waals surface area contributed by atoms with Gasteiger partial charge in [-0.15, -0.1) is 0 Å². The molecule has 1 N–H and O–H groups in total. The standard InChI is InChI=1S/C20H30N2O3/c1-3-10-24-19-12-17(13-20(14-19)25-11-4-2)6-5-7-18(23)15-22-9-8-21-16-22/h8-9,12-14,16,18,23H,3-7,10-11,15H2,1-2H3. The molecule has 5 nitrogen and oxygen atoms in total. The van der Waals surface area contributed by atoms with Gasteiger partial charge < -0.3 is 19.1 Å². The first-order chi connectivity index (χ1) is 12.2. The lowest BCUT2D eigenvalue weighted by atomic mass is 10.1. The summed E-state index contributed by atoms with van der Waals surface area (Å²) >= 11 is 0. The normalized spacial score (nSPS) is 12.1. The summed E-state index contributed by atoms with van der Waals surface area (Å²) in [5.74, 6) is 1.73. The molecule has 0 bridgehead atoms. The Morgan fingerprint density at radius 1 is 1.08 bits per heavy atom. The Bertz CT molecular complexity index is 573. The number of imidazole rings is 1. The van der Waals surface area contributed by atoms with Crippen molar-refractivity contribution < 1.29 is 14.6 Å². The first-order valence-corrected chi connectivity index (χ1v) is 9.24. The fraction of sp³-hybridized carbons (Fsp3) is 0.550. The van der Waals surface area contributed by atoms with Crippen LogP contribution in [0.3, 0.4) is 0 Å². The summed E-state index contributed by atoms with van der Waals surface area (Å²) < 4.78 is 13.5. The monoisotopic (exact) mass is 346 g/mol. The van der Waals surface area contributed by atoms with Crippen LogP contribution in [0.2, 0.25) is 0 Å². The average Bonchev–Trinajstić information content (AvgIpc) is 3.11. The van der Waals surface area contributed by atoms with E-state index in [-0.39, 0.29) is 6.10 Å². The number of aliphatic hydroxyl groups is 1. The third kappa shape index (κ3) is 7.18. The third-order valence-corrected chi connectivity index (χ3v) is 3.87. The number of rotatable bonds is 12. The predicted octanol–water partition coefficient (Wildman–Crippen LogP) is 3.84. The van der Waals surface area contributed by atoms with Gasteiger partial charge in [0.25, 0.3) is 0 Å². The number of aryl methyl sites for hydroxylation is 1. The smallest absolute Gasteiger partial charge is 0.123 e. The van der Waals surface area contributed by atoms with Crippen LogP contribution < -0.4 is 9.47 Å². The maximum absolute atomic E-state index is 10.1. The van der Waals surface area contributed by atoms with E-state index >= 15 is 0 Å². The average molecular weight is 346 g/mol. The highest BCUT2D eigenvalue weighted by Gasteiger charge is 2.07. The Hall–Kier alpha value is -2.01. The molecule has 0 aliphatic rings. The van der Waals surface area contributed by atoms with Crippen molar-refractivity contribution in [1.29, 1.82) is 0 Å². The minimum atomic E-state index is -0.357. The summed E-state index contributed by atoms with van der Waals surface area (Å²) in [7, 11) is 0. The van der Waals surface area contributed by atoms with Gasteiger partial charge in [0.15, 0.2) is 0 Å². The molecule has 0 fully saturated rings. The van der Waals surface area contributed by atoms with Gasteiger partial charge in [-0.1, -0.05) is 13.8 Å². The summed E-state index contributed by atoms with van der Waals surface area (Å²) in [5, 5.41) is 10.1. The van der Waals surface area contributed by atoms with Crippen LogP contribution in [0, 0.1) is 0 Å². The van der Waals surface area contributed by atoms with Gasteiger partial charge in [0.2, 0.25) is 0 Å². The Balaban J connectivity index is 1.87. The summed E-state index contributed by atoms with van der Waals surface area (Å²) in [6, 6.07) is 6.12. The Morgan fingerprint density at radius 3 is 2.32 bits per heavy atom. The van der Waals surface area contributed by atoms with Crippen LogP contribution in [-0.2, 0) is 13.0 Å². The zero-order valence-corrected chi connectivity index (χ0v) is 15.4. The molecule has 0 spiro atoms. The Morgan fingerprint density at radius 2 is 1.76 bits per heavy atom. The number of benzene rings is 1. The van der Waals surface area contributed by atoms with Crippen LogP contribution in [0.1, 0.15) is 45.1 Å². The van der Waals surface area contributed by atoms with E-state index in [4.69, 9.17) is 9.47 Å². The van der Waals surface area contributed by atoms with E-state index in [9.17, 15) is 5.11 Å². The Labute approximate surface area is 150 Å². The van der Waals surface area contributed by atoms with Crippen molar-refractivity contribution in [3.63, 3.8) is 0 Å². The van der Waals surface area contributed by atoms with Gasteiger partial charge in [-0.25, -0.2) is 4.98 Å². The molecule has 0 saturated carbocycles. The number of nitrogens with zero attached hydrogens (tertiary/aromatic N) is 2. The molecule has 1 aromatic carbocycles. The maximum atomic E-state index is 10.1. The zero-order valence-electron chi connectivity index (χ0n) is 15.4. The zero-order chi connectivity index (χ0) is 17.9. The molecule has 1 aromatic heterocycles. The number of aliphatic hydroxyl groups excluding tert-OH is 1. The predicted molar refractivity (Wildman–Crippen MR) is 99.2 cm³/mol. The molecule has 0 aliphatic heterocycles. The Kier molecular flexibility index (Phi) is 8.32. The minimum absolute atomic E-state index is 0.357. The fourth-order valence-corrected chi connectivity index (χ4v) is 2.65. The highest BCUT2D eigenvalue weighted by atomic mass is 16.5. The lowest BCUT2D eigenvalue weighted by molar-refractivity contribution is 0.142. The SMILES string of the molecule is CCCOc1cc(CCCC(O)Cn2ccnc2)cc(OCCC)c1. The van der Waals surface area contributed by atoms with E-state index in [2.05, 4.69) is 31.0 Å². The van der Waals surface area contributed by atoms with Crippen LogP contribution in [-0.4, -0.2) is 34.0 Å². The summed E-state index contributed by atoms with van der Waals surface area (Å²) in [6.45, 7) is 6.20. The van der Waals surface area contributed by atoms with Crippen molar-refractivity contribution in [3.8, 4) is 11.5 Å². The topological polar surface area (TPSA) is 56.5 Å². The van der Waals surface area contributed by atoms with Crippen LogP contribution >= 0.6 is 0 Å². The van der Waals surface area contributed by atoms with Gasteiger partial charge in [0, 0.05) is 25.0 Å². The third-order valence-electron chi connectivity index (χ3n) is 3.87. The molecule has 1 atom stereocenters. The largest absolute Gasteiger partial charge is 0.493 e. The molecule has 0 amide bonds. The van der Waals surface area contributed by atoms with E-state index in [1.165, 1.54) is 5.56 Å². The molecule has 1 unspecified atom stereocenters. The van der Waals surface area contributed by atoms with E-state index in [1.807, 2.05) is 16.8 Å². The van der Waals surface area contributed by atoms with Gasteiger partial charge in [-0.3, -0.25) is 0 Å². The molecule has 0 radical (unpaired) electrons. The summed E-state index contributed by atoms with van der Waals surface area (Å²) in [6.07, 6.45) is 9.50. The molecule has 0 saturated heterocycles. The van der Waals surface area contributed by atoms with Crippen molar-refractivity contribution in [2.24, 2.45) is 0 Å². The second kappa shape index (κ2) is 10.8. The fourth-order valence-electron chi connectivity index (χ4n) is 2.65. The van der Waals surface area contributed by atoms with Gasteiger partial charge >= 0.3 is 0 Å².